The standard InChI is InChI=1S/C15H21NO3/c1-2-16-12-5-3-4-6-13(12)19-11-7-8-14-15(9-11)18-10-17-14/h7-9,12-13,16H,2-6,10H2,1H3. The van der Waals surface area contributed by atoms with Gasteiger partial charge in [-0.2, -0.15) is 0 Å². The van der Waals surface area contributed by atoms with Crippen LogP contribution in [0.4, 0.5) is 0 Å². The molecule has 1 aromatic carbocycles. The van der Waals surface area contributed by atoms with Crippen molar-refractivity contribution in [3.63, 3.8) is 0 Å². The van der Waals surface area contributed by atoms with Crippen molar-refractivity contribution in [1.82, 2.24) is 5.32 Å². The molecular weight excluding hydrogens is 242 g/mol. The molecule has 0 amide bonds. The molecule has 104 valence electrons. The van der Waals surface area contributed by atoms with Gasteiger partial charge in [0.25, 0.3) is 0 Å². The number of hydrogen-bond donors (Lipinski definition) is 1. The highest BCUT2D eigenvalue weighted by Crippen LogP contribution is 2.36. The van der Waals surface area contributed by atoms with E-state index in [1.807, 2.05) is 18.2 Å². The van der Waals surface area contributed by atoms with Gasteiger partial charge in [-0.1, -0.05) is 13.3 Å². The van der Waals surface area contributed by atoms with Crippen molar-refractivity contribution in [3.8, 4) is 17.2 Å². The number of nitrogens with one attached hydrogen (secondary N) is 1. The maximum atomic E-state index is 6.15. The molecule has 1 saturated carbocycles. The van der Waals surface area contributed by atoms with Crippen LogP contribution in [0.15, 0.2) is 18.2 Å². The van der Waals surface area contributed by atoms with E-state index in [2.05, 4.69) is 12.2 Å². The molecule has 2 unspecified atom stereocenters. The smallest absolute Gasteiger partial charge is 0.231 e. The molecule has 0 radical (unpaired) electrons. The molecule has 0 spiro atoms. The summed E-state index contributed by atoms with van der Waals surface area (Å²) in [5, 5.41) is 3.53. The quantitative estimate of drug-likeness (QED) is 0.906. The van der Waals surface area contributed by atoms with Crippen LogP contribution >= 0.6 is 0 Å². The zero-order valence-corrected chi connectivity index (χ0v) is 11.4. The largest absolute Gasteiger partial charge is 0.489 e. The van der Waals surface area contributed by atoms with Crippen molar-refractivity contribution in [2.45, 2.75) is 44.8 Å². The molecule has 0 saturated heterocycles. The van der Waals surface area contributed by atoms with Crippen LogP contribution in [-0.2, 0) is 0 Å². The van der Waals surface area contributed by atoms with E-state index in [4.69, 9.17) is 14.2 Å². The summed E-state index contributed by atoms with van der Waals surface area (Å²) in [6.45, 7) is 3.44. The molecule has 1 aromatic rings. The van der Waals surface area contributed by atoms with Crippen molar-refractivity contribution < 1.29 is 14.2 Å². The van der Waals surface area contributed by atoms with Gasteiger partial charge in [0.1, 0.15) is 11.9 Å². The number of ether oxygens (including phenoxy) is 3. The van der Waals surface area contributed by atoms with E-state index < -0.39 is 0 Å². The first-order chi connectivity index (χ1) is 9.36. The van der Waals surface area contributed by atoms with Gasteiger partial charge in [-0.15, -0.1) is 0 Å². The molecule has 2 aliphatic rings. The van der Waals surface area contributed by atoms with Gasteiger partial charge in [-0.25, -0.2) is 0 Å². The second kappa shape index (κ2) is 5.70. The first kappa shape index (κ1) is 12.6. The number of fused-ring (bicyclic) bond motifs is 1. The molecule has 1 aliphatic carbocycles. The fourth-order valence-corrected chi connectivity index (χ4v) is 2.86. The van der Waals surface area contributed by atoms with E-state index in [0.717, 1.165) is 30.2 Å². The van der Waals surface area contributed by atoms with E-state index >= 15 is 0 Å². The maximum Gasteiger partial charge on any atom is 0.231 e. The molecule has 1 heterocycles. The molecule has 1 fully saturated rings. The SMILES string of the molecule is CCNC1CCCCC1Oc1ccc2c(c1)OCO2. The van der Waals surface area contributed by atoms with Gasteiger partial charge in [0.2, 0.25) is 6.79 Å². The summed E-state index contributed by atoms with van der Waals surface area (Å²) < 4.78 is 16.8. The number of benzene rings is 1. The Kier molecular flexibility index (Phi) is 3.78. The minimum absolute atomic E-state index is 0.258. The van der Waals surface area contributed by atoms with Gasteiger partial charge in [0, 0.05) is 12.1 Å². The Morgan fingerprint density at radius 1 is 1.21 bits per heavy atom. The summed E-state index contributed by atoms with van der Waals surface area (Å²) in [6, 6.07) is 6.28. The van der Waals surface area contributed by atoms with Crippen LogP contribution < -0.4 is 19.5 Å². The van der Waals surface area contributed by atoms with E-state index in [9.17, 15) is 0 Å². The molecule has 0 aromatic heterocycles. The topological polar surface area (TPSA) is 39.7 Å². The highest BCUT2D eigenvalue weighted by molar-refractivity contribution is 5.46. The molecule has 4 heteroatoms. The number of likely N-dealkylation sites (N-methyl/N-ethyl adjacent to an activating group) is 1. The zero-order valence-electron chi connectivity index (χ0n) is 11.4. The third-order valence-corrected chi connectivity index (χ3v) is 3.80. The van der Waals surface area contributed by atoms with Crippen LogP contribution in [0.2, 0.25) is 0 Å². The van der Waals surface area contributed by atoms with Crippen LogP contribution in [-0.4, -0.2) is 25.5 Å². The van der Waals surface area contributed by atoms with Gasteiger partial charge in [0.15, 0.2) is 11.5 Å². The van der Waals surface area contributed by atoms with E-state index in [-0.39, 0.29) is 6.10 Å². The Balaban J connectivity index is 1.69. The van der Waals surface area contributed by atoms with E-state index in [0.29, 0.717) is 12.8 Å². The Labute approximate surface area is 114 Å². The summed E-state index contributed by atoms with van der Waals surface area (Å²) in [6.07, 6.45) is 5.11. The lowest BCUT2D eigenvalue weighted by Gasteiger charge is -2.32. The summed E-state index contributed by atoms with van der Waals surface area (Å²) in [5.41, 5.74) is 0. The first-order valence-corrected chi connectivity index (χ1v) is 7.16. The number of rotatable bonds is 4. The Bertz CT molecular complexity index is 433. The summed E-state index contributed by atoms with van der Waals surface area (Å²) in [5.74, 6) is 2.46. The molecule has 0 bridgehead atoms. The zero-order chi connectivity index (χ0) is 13.1. The first-order valence-electron chi connectivity index (χ1n) is 7.16. The molecule has 1 N–H and O–H groups in total. The van der Waals surface area contributed by atoms with Gasteiger partial charge in [-0.3, -0.25) is 0 Å². The van der Waals surface area contributed by atoms with Crippen LogP contribution in [0.3, 0.4) is 0 Å². The third-order valence-electron chi connectivity index (χ3n) is 3.80. The highest BCUT2D eigenvalue weighted by atomic mass is 16.7. The molecule has 1 aliphatic heterocycles. The van der Waals surface area contributed by atoms with Crippen LogP contribution in [0.1, 0.15) is 32.6 Å². The summed E-state index contributed by atoms with van der Waals surface area (Å²) in [4.78, 5) is 0. The van der Waals surface area contributed by atoms with Crippen molar-refractivity contribution in [2.75, 3.05) is 13.3 Å². The van der Waals surface area contributed by atoms with Crippen LogP contribution in [0.5, 0.6) is 17.2 Å². The highest BCUT2D eigenvalue weighted by Gasteiger charge is 2.26. The summed E-state index contributed by atoms with van der Waals surface area (Å²) >= 11 is 0. The van der Waals surface area contributed by atoms with Crippen LogP contribution in [0, 0.1) is 0 Å². The number of hydrogen-bond acceptors (Lipinski definition) is 4. The Hall–Kier alpha value is -1.42. The average molecular weight is 263 g/mol. The lowest BCUT2D eigenvalue weighted by molar-refractivity contribution is 0.114. The van der Waals surface area contributed by atoms with Crippen molar-refractivity contribution in [1.29, 1.82) is 0 Å². The predicted molar refractivity (Wildman–Crippen MR) is 72.9 cm³/mol. The Morgan fingerprint density at radius 2 is 2.05 bits per heavy atom. The average Bonchev–Trinajstić information content (AvgIpc) is 2.89. The fourth-order valence-electron chi connectivity index (χ4n) is 2.86. The van der Waals surface area contributed by atoms with Gasteiger partial charge in [0.05, 0.1) is 0 Å². The predicted octanol–water partition coefficient (Wildman–Crippen LogP) is 2.71. The minimum Gasteiger partial charge on any atom is -0.489 e. The van der Waals surface area contributed by atoms with Gasteiger partial charge >= 0.3 is 0 Å². The molecule has 3 rings (SSSR count). The minimum atomic E-state index is 0.258. The van der Waals surface area contributed by atoms with Gasteiger partial charge < -0.3 is 19.5 Å². The molecular formula is C15H21NO3. The monoisotopic (exact) mass is 263 g/mol. The van der Waals surface area contributed by atoms with E-state index in [1.165, 1.54) is 19.3 Å². The fraction of sp³-hybridized carbons (Fsp3) is 0.600. The van der Waals surface area contributed by atoms with Crippen molar-refractivity contribution in [2.24, 2.45) is 0 Å². The normalized spacial score (nSPS) is 25.3. The lowest BCUT2D eigenvalue weighted by Crippen LogP contribution is -2.45. The molecule has 19 heavy (non-hydrogen) atoms. The molecule has 4 nitrogen and oxygen atoms in total. The Morgan fingerprint density at radius 3 is 2.95 bits per heavy atom. The van der Waals surface area contributed by atoms with E-state index in [1.54, 1.807) is 0 Å². The second-order valence-electron chi connectivity index (χ2n) is 5.12. The summed E-state index contributed by atoms with van der Waals surface area (Å²) in [7, 11) is 0. The van der Waals surface area contributed by atoms with Crippen molar-refractivity contribution in [3.05, 3.63) is 18.2 Å². The van der Waals surface area contributed by atoms with Crippen molar-refractivity contribution >= 4 is 0 Å². The van der Waals surface area contributed by atoms with Gasteiger partial charge in [-0.05, 0) is 37.9 Å². The maximum absolute atomic E-state index is 6.15. The molecule has 2 atom stereocenters. The van der Waals surface area contributed by atoms with Crippen LogP contribution in [0.25, 0.3) is 0 Å². The lowest BCUT2D eigenvalue weighted by atomic mass is 9.92. The second-order valence-corrected chi connectivity index (χ2v) is 5.12. The third kappa shape index (κ3) is 2.78.